The average Bonchev–Trinajstić information content (AvgIpc) is 2.92. The summed E-state index contributed by atoms with van der Waals surface area (Å²) in [5.74, 6) is 0.856. The minimum absolute atomic E-state index is 0. The molecule has 0 unspecified atom stereocenters. The number of guanidine groups is 1. The van der Waals surface area contributed by atoms with Crippen LogP contribution in [0.4, 0.5) is 0 Å². The fourth-order valence-electron chi connectivity index (χ4n) is 3.14. The van der Waals surface area contributed by atoms with Gasteiger partial charge in [0.15, 0.2) is 5.96 Å². The number of morpholine rings is 1. The van der Waals surface area contributed by atoms with Crippen molar-refractivity contribution in [3.05, 3.63) is 17.5 Å². The largest absolute Gasteiger partial charge is 0.379 e. The van der Waals surface area contributed by atoms with Crippen molar-refractivity contribution in [1.82, 2.24) is 25.3 Å². The third kappa shape index (κ3) is 7.03. The molecule has 26 heavy (non-hydrogen) atoms. The molecule has 2 N–H and O–H groups in total. The molecule has 8 heteroatoms. The van der Waals surface area contributed by atoms with E-state index in [2.05, 4.69) is 57.1 Å². The molecule has 1 saturated heterocycles. The second-order valence-electron chi connectivity index (χ2n) is 7.27. The number of halogens is 1. The van der Waals surface area contributed by atoms with Crippen molar-refractivity contribution in [3.8, 4) is 0 Å². The molecule has 1 aliphatic heterocycles. The maximum absolute atomic E-state index is 5.45. The summed E-state index contributed by atoms with van der Waals surface area (Å²) < 4.78 is 7.51. The number of aromatic nitrogens is 2. The van der Waals surface area contributed by atoms with Crippen LogP contribution in [0.25, 0.3) is 0 Å². The van der Waals surface area contributed by atoms with Crippen LogP contribution < -0.4 is 10.6 Å². The van der Waals surface area contributed by atoms with E-state index >= 15 is 0 Å². The highest BCUT2D eigenvalue weighted by Gasteiger charge is 2.28. The number of nitrogens with zero attached hydrogens (tertiary/aromatic N) is 4. The van der Waals surface area contributed by atoms with E-state index in [1.165, 1.54) is 5.69 Å². The monoisotopic (exact) mass is 478 g/mol. The van der Waals surface area contributed by atoms with Gasteiger partial charge in [0.1, 0.15) is 0 Å². The van der Waals surface area contributed by atoms with Crippen molar-refractivity contribution in [2.75, 3.05) is 46.4 Å². The van der Waals surface area contributed by atoms with Gasteiger partial charge in [-0.3, -0.25) is 14.6 Å². The van der Waals surface area contributed by atoms with Gasteiger partial charge in [-0.2, -0.15) is 5.10 Å². The van der Waals surface area contributed by atoms with Crippen LogP contribution in [0.2, 0.25) is 0 Å². The predicted molar refractivity (Wildman–Crippen MR) is 118 cm³/mol. The van der Waals surface area contributed by atoms with E-state index in [9.17, 15) is 0 Å². The average molecular weight is 478 g/mol. The molecule has 2 heterocycles. The number of nitrogens with one attached hydrogen (secondary N) is 2. The summed E-state index contributed by atoms with van der Waals surface area (Å²) in [4.78, 5) is 6.80. The first-order chi connectivity index (χ1) is 11.9. The maximum atomic E-state index is 5.45. The Bertz CT molecular complexity index is 566. The Kier molecular flexibility index (Phi) is 9.88. The summed E-state index contributed by atoms with van der Waals surface area (Å²) in [5, 5.41) is 11.3. The highest BCUT2D eigenvalue weighted by molar-refractivity contribution is 14.0. The molecular weight excluding hydrogens is 443 g/mol. The molecule has 0 bridgehead atoms. The van der Waals surface area contributed by atoms with Crippen molar-refractivity contribution < 1.29 is 4.74 Å². The summed E-state index contributed by atoms with van der Waals surface area (Å²) in [6.45, 7) is 14.9. The van der Waals surface area contributed by atoms with Crippen LogP contribution in [0.15, 0.2) is 11.1 Å². The number of hydrogen-bond donors (Lipinski definition) is 2. The van der Waals surface area contributed by atoms with Gasteiger partial charge in [-0.25, -0.2) is 0 Å². The highest BCUT2D eigenvalue weighted by Crippen LogP contribution is 2.14. The Balaban J connectivity index is 0.00000338. The van der Waals surface area contributed by atoms with Gasteiger partial charge >= 0.3 is 0 Å². The SMILES string of the molecule is CN=C(NCCCn1nc(C)cc1C)NCC(C)(C)N1CCOCC1.I. The first kappa shape index (κ1) is 23.2. The first-order valence-electron chi connectivity index (χ1n) is 9.21. The molecule has 0 saturated carbocycles. The fourth-order valence-corrected chi connectivity index (χ4v) is 3.14. The highest BCUT2D eigenvalue weighted by atomic mass is 127. The van der Waals surface area contributed by atoms with Crippen LogP contribution in [-0.4, -0.2) is 72.6 Å². The maximum Gasteiger partial charge on any atom is 0.191 e. The molecule has 0 amide bonds. The van der Waals surface area contributed by atoms with E-state index in [4.69, 9.17) is 4.74 Å². The molecule has 150 valence electrons. The number of aliphatic imine (C=N–C) groups is 1. The number of rotatable bonds is 7. The van der Waals surface area contributed by atoms with Crippen LogP contribution in [0, 0.1) is 13.8 Å². The molecule has 0 atom stereocenters. The Morgan fingerprint density at radius 3 is 2.54 bits per heavy atom. The van der Waals surface area contributed by atoms with Crippen molar-refractivity contribution in [1.29, 1.82) is 0 Å². The van der Waals surface area contributed by atoms with E-state index in [-0.39, 0.29) is 29.5 Å². The van der Waals surface area contributed by atoms with Gasteiger partial charge in [0.05, 0.1) is 18.9 Å². The zero-order valence-electron chi connectivity index (χ0n) is 16.8. The molecule has 7 nitrogen and oxygen atoms in total. The van der Waals surface area contributed by atoms with Gasteiger partial charge < -0.3 is 15.4 Å². The summed E-state index contributed by atoms with van der Waals surface area (Å²) in [6, 6.07) is 2.11. The summed E-state index contributed by atoms with van der Waals surface area (Å²) in [5.41, 5.74) is 2.37. The third-order valence-corrected chi connectivity index (χ3v) is 4.72. The van der Waals surface area contributed by atoms with Crippen LogP contribution in [-0.2, 0) is 11.3 Å². The van der Waals surface area contributed by atoms with Gasteiger partial charge in [-0.15, -0.1) is 24.0 Å². The van der Waals surface area contributed by atoms with Crippen LogP contribution in [0.3, 0.4) is 0 Å². The van der Waals surface area contributed by atoms with Crippen molar-refractivity contribution >= 4 is 29.9 Å². The lowest BCUT2D eigenvalue weighted by molar-refractivity contribution is -0.00833. The lowest BCUT2D eigenvalue weighted by atomic mass is 10.0. The smallest absolute Gasteiger partial charge is 0.191 e. The Morgan fingerprint density at radius 1 is 1.27 bits per heavy atom. The predicted octanol–water partition coefficient (Wildman–Crippen LogP) is 1.78. The minimum atomic E-state index is 0. The molecule has 1 fully saturated rings. The molecule has 0 spiro atoms. The number of ether oxygens (including phenoxy) is 1. The molecule has 1 aliphatic rings. The van der Waals surface area contributed by atoms with Gasteiger partial charge in [0, 0.05) is 51.0 Å². The van der Waals surface area contributed by atoms with Crippen LogP contribution in [0.5, 0.6) is 0 Å². The standard InChI is InChI=1S/C18H34N6O.HI/c1-15-13-16(2)24(22-15)8-6-7-20-17(19-5)21-14-18(3,4)23-9-11-25-12-10-23;/h13H,6-12,14H2,1-5H3,(H2,19,20,21);1H. The fraction of sp³-hybridized carbons (Fsp3) is 0.778. The van der Waals surface area contributed by atoms with Gasteiger partial charge in [-0.1, -0.05) is 0 Å². The van der Waals surface area contributed by atoms with E-state index in [0.29, 0.717) is 0 Å². The van der Waals surface area contributed by atoms with Gasteiger partial charge in [0.2, 0.25) is 0 Å². The first-order valence-corrected chi connectivity index (χ1v) is 9.21. The van der Waals surface area contributed by atoms with Gasteiger partial charge in [-0.05, 0) is 40.2 Å². The normalized spacial score (nSPS) is 16.3. The van der Waals surface area contributed by atoms with E-state index in [1.54, 1.807) is 0 Å². The lowest BCUT2D eigenvalue weighted by Crippen LogP contribution is -2.56. The van der Waals surface area contributed by atoms with Crippen LogP contribution >= 0.6 is 24.0 Å². The van der Waals surface area contributed by atoms with Crippen molar-refractivity contribution in [2.45, 2.75) is 46.2 Å². The molecule has 2 rings (SSSR count). The second kappa shape index (κ2) is 11.1. The zero-order chi connectivity index (χ0) is 18.3. The Labute approximate surface area is 175 Å². The Hall–Kier alpha value is -0.870. The summed E-state index contributed by atoms with van der Waals surface area (Å²) >= 11 is 0. The van der Waals surface area contributed by atoms with E-state index < -0.39 is 0 Å². The molecular formula is C18H35IN6O. The molecule has 1 aromatic heterocycles. The van der Waals surface area contributed by atoms with Gasteiger partial charge in [0.25, 0.3) is 0 Å². The van der Waals surface area contributed by atoms with E-state index in [1.807, 2.05) is 14.0 Å². The molecule has 1 aromatic rings. The molecule has 0 aliphatic carbocycles. The second-order valence-corrected chi connectivity index (χ2v) is 7.27. The van der Waals surface area contributed by atoms with Crippen LogP contribution in [0.1, 0.15) is 31.7 Å². The molecule has 0 aromatic carbocycles. The quantitative estimate of drug-likeness (QED) is 0.271. The Morgan fingerprint density at radius 2 is 1.96 bits per heavy atom. The third-order valence-electron chi connectivity index (χ3n) is 4.72. The number of hydrogen-bond acceptors (Lipinski definition) is 4. The van der Waals surface area contributed by atoms with Crippen molar-refractivity contribution in [3.63, 3.8) is 0 Å². The number of aryl methyl sites for hydroxylation is 3. The van der Waals surface area contributed by atoms with Crippen molar-refractivity contribution in [2.24, 2.45) is 4.99 Å². The minimum Gasteiger partial charge on any atom is -0.379 e. The lowest BCUT2D eigenvalue weighted by Gasteiger charge is -2.41. The summed E-state index contributed by atoms with van der Waals surface area (Å²) in [7, 11) is 1.82. The van der Waals surface area contributed by atoms with E-state index in [0.717, 1.165) is 64.0 Å². The summed E-state index contributed by atoms with van der Waals surface area (Å²) in [6.07, 6.45) is 1.01. The topological polar surface area (TPSA) is 66.7 Å². The zero-order valence-corrected chi connectivity index (χ0v) is 19.2. The molecule has 0 radical (unpaired) electrons.